The second-order valence-electron chi connectivity index (χ2n) is 4.02. The Morgan fingerprint density at radius 1 is 1.43 bits per heavy atom. The summed E-state index contributed by atoms with van der Waals surface area (Å²) in [6.45, 7) is 11.4. The first-order chi connectivity index (χ1) is 6.65. The number of hydrogen-bond acceptors (Lipinski definition) is 2. The van der Waals surface area contributed by atoms with Gasteiger partial charge in [-0.15, -0.1) is 0 Å². The molecule has 1 saturated heterocycles. The van der Waals surface area contributed by atoms with Crippen LogP contribution in [0.4, 0.5) is 0 Å². The minimum Gasteiger partial charge on any atom is -0.307 e. The molecule has 2 unspecified atom stereocenters. The lowest BCUT2D eigenvalue weighted by atomic mass is 9.92. The normalized spacial score (nSPS) is 25.9. The molecule has 1 N–H and O–H groups in total. The van der Waals surface area contributed by atoms with Gasteiger partial charge in [0.25, 0.3) is 0 Å². The van der Waals surface area contributed by atoms with Crippen molar-refractivity contribution in [3.63, 3.8) is 0 Å². The summed E-state index contributed by atoms with van der Waals surface area (Å²) in [5.74, 6) is 1.77. The predicted molar refractivity (Wildman–Crippen MR) is 61.4 cm³/mol. The van der Waals surface area contributed by atoms with Crippen LogP contribution in [0.5, 0.6) is 0 Å². The number of carbonyl (C=O) groups excluding carboxylic acids is 1. The highest BCUT2D eigenvalue weighted by Crippen LogP contribution is 2.22. The molecule has 0 amide bonds. The van der Waals surface area contributed by atoms with Gasteiger partial charge in [-0.3, -0.25) is 4.79 Å². The number of nitrogens with one attached hydrogen (secondary N) is 1. The topological polar surface area (TPSA) is 29.1 Å². The summed E-state index contributed by atoms with van der Waals surface area (Å²) in [6, 6.07) is 0.155. The van der Waals surface area contributed by atoms with Crippen LogP contribution in [-0.2, 0) is 4.79 Å². The van der Waals surface area contributed by atoms with Gasteiger partial charge in [-0.05, 0) is 24.8 Å². The molecule has 1 aliphatic rings. The molecule has 14 heavy (non-hydrogen) atoms. The average molecular weight is 199 g/mol. The van der Waals surface area contributed by atoms with Crippen molar-refractivity contribution < 1.29 is 4.79 Å². The molecular formula is C12H25NO. The summed E-state index contributed by atoms with van der Waals surface area (Å²) in [6.07, 6.45) is 1.72. The van der Waals surface area contributed by atoms with Crippen molar-refractivity contribution in [1.29, 1.82) is 0 Å². The summed E-state index contributed by atoms with van der Waals surface area (Å²) in [7, 11) is 0. The van der Waals surface area contributed by atoms with Gasteiger partial charge in [-0.1, -0.05) is 34.6 Å². The quantitative estimate of drug-likeness (QED) is 0.757. The van der Waals surface area contributed by atoms with E-state index < -0.39 is 0 Å². The van der Waals surface area contributed by atoms with Crippen LogP contribution in [0.2, 0.25) is 0 Å². The zero-order chi connectivity index (χ0) is 11.1. The van der Waals surface area contributed by atoms with Gasteiger partial charge in [0.15, 0.2) is 0 Å². The van der Waals surface area contributed by atoms with Gasteiger partial charge in [-0.25, -0.2) is 0 Å². The van der Waals surface area contributed by atoms with Gasteiger partial charge < -0.3 is 5.32 Å². The Bertz CT molecular complexity index is 166. The molecule has 0 bridgehead atoms. The zero-order valence-electron chi connectivity index (χ0n) is 10.3. The summed E-state index contributed by atoms with van der Waals surface area (Å²) in [5, 5.41) is 3.29. The second-order valence-corrected chi connectivity index (χ2v) is 4.02. The minimum atomic E-state index is 0.155. The molecule has 2 nitrogen and oxygen atoms in total. The first-order valence-corrected chi connectivity index (χ1v) is 5.91. The van der Waals surface area contributed by atoms with E-state index in [0.717, 1.165) is 13.0 Å². The van der Waals surface area contributed by atoms with Crippen LogP contribution >= 0.6 is 0 Å². The van der Waals surface area contributed by atoms with Gasteiger partial charge in [-0.2, -0.15) is 0 Å². The maximum Gasteiger partial charge on any atom is 0.149 e. The van der Waals surface area contributed by atoms with Crippen LogP contribution in [0.15, 0.2) is 0 Å². The Morgan fingerprint density at radius 2 is 2.00 bits per heavy atom. The van der Waals surface area contributed by atoms with E-state index in [-0.39, 0.29) is 6.04 Å². The summed E-state index contributed by atoms with van der Waals surface area (Å²) < 4.78 is 0. The first kappa shape index (κ1) is 13.6. The smallest absolute Gasteiger partial charge is 0.149 e. The van der Waals surface area contributed by atoms with E-state index in [0.29, 0.717) is 24.0 Å². The molecule has 84 valence electrons. The monoisotopic (exact) mass is 199 g/mol. The molecule has 0 aliphatic carbocycles. The van der Waals surface area contributed by atoms with E-state index in [4.69, 9.17) is 0 Å². The SMILES string of the molecule is CC.CCC(=O)C1CC(C(C)C)CN1. The fourth-order valence-corrected chi connectivity index (χ4v) is 1.76. The summed E-state index contributed by atoms with van der Waals surface area (Å²) in [5.41, 5.74) is 0. The maximum absolute atomic E-state index is 11.3. The van der Waals surface area contributed by atoms with Gasteiger partial charge in [0.1, 0.15) is 5.78 Å². The van der Waals surface area contributed by atoms with Crippen LogP contribution in [0.3, 0.4) is 0 Å². The maximum atomic E-state index is 11.3. The highest BCUT2D eigenvalue weighted by atomic mass is 16.1. The molecule has 0 spiro atoms. The third kappa shape index (κ3) is 3.79. The number of Topliss-reactive ketones (excluding diaryl/α,β-unsaturated/α-hetero) is 1. The fourth-order valence-electron chi connectivity index (χ4n) is 1.76. The molecule has 1 fully saturated rings. The Balaban J connectivity index is 0.000000791. The van der Waals surface area contributed by atoms with Crippen molar-refractivity contribution in [2.45, 2.75) is 53.5 Å². The summed E-state index contributed by atoms with van der Waals surface area (Å²) in [4.78, 5) is 11.3. The Morgan fingerprint density at radius 3 is 2.36 bits per heavy atom. The van der Waals surface area contributed by atoms with E-state index in [1.165, 1.54) is 0 Å². The predicted octanol–water partition coefficient (Wildman–Crippen LogP) is 2.63. The Kier molecular flexibility index (Phi) is 6.81. The third-order valence-corrected chi connectivity index (χ3v) is 2.84. The van der Waals surface area contributed by atoms with E-state index in [1.54, 1.807) is 0 Å². The third-order valence-electron chi connectivity index (χ3n) is 2.84. The minimum absolute atomic E-state index is 0.155. The molecule has 0 saturated carbocycles. The van der Waals surface area contributed by atoms with Crippen molar-refractivity contribution in [3.8, 4) is 0 Å². The lowest BCUT2D eigenvalue weighted by Gasteiger charge is -2.12. The average Bonchev–Trinajstić information content (AvgIpc) is 2.68. The largest absolute Gasteiger partial charge is 0.307 e. The van der Waals surface area contributed by atoms with Crippen LogP contribution in [-0.4, -0.2) is 18.4 Å². The van der Waals surface area contributed by atoms with E-state index in [1.807, 2.05) is 20.8 Å². The molecular weight excluding hydrogens is 174 g/mol. The lowest BCUT2D eigenvalue weighted by Crippen LogP contribution is -2.29. The lowest BCUT2D eigenvalue weighted by molar-refractivity contribution is -0.120. The van der Waals surface area contributed by atoms with E-state index >= 15 is 0 Å². The Labute approximate surface area is 88.5 Å². The van der Waals surface area contributed by atoms with Crippen molar-refractivity contribution in [1.82, 2.24) is 5.32 Å². The number of rotatable bonds is 3. The molecule has 0 aromatic heterocycles. The molecule has 2 atom stereocenters. The molecule has 2 heteroatoms. The molecule has 0 radical (unpaired) electrons. The van der Waals surface area contributed by atoms with E-state index in [9.17, 15) is 4.79 Å². The molecule has 0 aromatic rings. The number of hydrogen-bond donors (Lipinski definition) is 1. The van der Waals surface area contributed by atoms with Crippen molar-refractivity contribution in [2.24, 2.45) is 11.8 Å². The van der Waals surface area contributed by atoms with Crippen LogP contribution in [0.25, 0.3) is 0 Å². The Hall–Kier alpha value is -0.370. The van der Waals surface area contributed by atoms with E-state index in [2.05, 4.69) is 19.2 Å². The van der Waals surface area contributed by atoms with Gasteiger partial charge in [0.05, 0.1) is 6.04 Å². The highest BCUT2D eigenvalue weighted by Gasteiger charge is 2.29. The standard InChI is InChI=1S/C10H19NO.C2H6/c1-4-10(12)9-5-8(6-11-9)7(2)3;1-2/h7-9,11H,4-6H2,1-3H3;1-2H3. The van der Waals surface area contributed by atoms with Crippen molar-refractivity contribution >= 4 is 5.78 Å². The number of carbonyl (C=O) groups is 1. The second kappa shape index (κ2) is 6.99. The van der Waals surface area contributed by atoms with Crippen LogP contribution in [0.1, 0.15) is 47.5 Å². The van der Waals surface area contributed by atoms with Gasteiger partial charge >= 0.3 is 0 Å². The highest BCUT2D eigenvalue weighted by molar-refractivity contribution is 5.84. The molecule has 1 heterocycles. The van der Waals surface area contributed by atoms with Gasteiger partial charge in [0.2, 0.25) is 0 Å². The van der Waals surface area contributed by atoms with Crippen molar-refractivity contribution in [2.75, 3.05) is 6.54 Å². The van der Waals surface area contributed by atoms with Crippen LogP contribution < -0.4 is 5.32 Å². The van der Waals surface area contributed by atoms with Gasteiger partial charge in [0, 0.05) is 6.42 Å². The van der Waals surface area contributed by atoms with Crippen molar-refractivity contribution in [3.05, 3.63) is 0 Å². The fraction of sp³-hybridized carbons (Fsp3) is 0.917. The first-order valence-electron chi connectivity index (χ1n) is 5.91. The molecule has 1 rings (SSSR count). The summed E-state index contributed by atoms with van der Waals surface area (Å²) >= 11 is 0. The molecule has 0 aromatic carbocycles. The number of ketones is 1. The van der Waals surface area contributed by atoms with Crippen LogP contribution in [0, 0.1) is 11.8 Å². The molecule has 1 aliphatic heterocycles. The zero-order valence-corrected chi connectivity index (χ0v) is 10.3.